The molecular weight excluding hydrogens is 352 g/mol. The summed E-state index contributed by atoms with van der Waals surface area (Å²) in [4.78, 5) is 29.3. The molecular formula is C18H18N4O3S. The molecule has 0 aromatic carbocycles. The van der Waals surface area contributed by atoms with Gasteiger partial charge in [0.1, 0.15) is 11.5 Å². The minimum absolute atomic E-state index is 0.140. The average molecular weight is 370 g/mol. The SMILES string of the molecule is O=C(NCCCn1ccnc1)/C(=C\c1ccco1)NC(=O)c1cccs1. The van der Waals surface area contributed by atoms with Gasteiger partial charge in [0.25, 0.3) is 11.8 Å². The fourth-order valence-electron chi connectivity index (χ4n) is 2.24. The molecule has 2 N–H and O–H groups in total. The van der Waals surface area contributed by atoms with Gasteiger partial charge in [0.05, 0.1) is 17.5 Å². The number of amides is 2. The summed E-state index contributed by atoms with van der Waals surface area (Å²) in [5.41, 5.74) is 0.140. The number of nitrogens with one attached hydrogen (secondary N) is 2. The van der Waals surface area contributed by atoms with Gasteiger partial charge in [-0.3, -0.25) is 9.59 Å². The molecule has 3 heterocycles. The first kappa shape index (κ1) is 17.7. The highest BCUT2D eigenvalue weighted by Gasteiger charge is 2.15. The Kier molecular flexibility index (Phi) is 6.00. The normalized spacial score (nSPS) is 11.3. The lowest BCUT2D eigenvalue weighted by atomic mass is 10.3. The van der Waals surface area contributed by atoms with Crippen molar-refractivity contribution in [1.29, 1.82) is 0 Å². The van der Waals surface area contributed by atoms with Gasteiger partial charge in [0, 0.05) is 31.6 Å². The predicted molar refractivity (Wildman–Crippen MR) is 98.3 cm³/mol. The van der Waals surface area contributed by atoms with Crippen LogP contribution in [-0.2, 0) is 11.3 Å². The Bertz CT molecular complexity index is 853. The lowest BCUT2D eigenvalue weighted by Crippen LogP contribution is -2.35. The van der Waals surface area contributed by atoms with Gasteiger partial charge in [0.2, 0.25) is 0 Å². The molecule has 0 aliphatic rings. The van der Waals surface area contributed by atoms with Crippen LogP contribution in [0.2, 0.25) is 0 Å². The standard InChI is InChI=1S/C18H18N4O3S/c23-17(20-6-3-8-22-9-7-19-13-22)15(12-14-4-1-10-25-14)21-18(24)16-5-2-11-26-16/h1-2,4-5,7,9-13H,3,6,8H2,(H,20,23)(H,21,24)/b15-12+. The van der Waals surface area contributed by atoms with E-state index in [9.17, 15) is 9.59 Å². The van der Waals surface area contributed by atoms with Crippen molar-refractivity contribution < 1.29 is 14.0 Å². The number of nitrogens with zero attached hydrogens (tertiary/aromatic N) is 2. The van der Waals surface area contributed by atoms with E-state index in [0.717, 1.165) is 13.0 Å². The number of aryl methyl sites for hydroxylation is 1. The summed E-state index contributed by atoms with van der Waals surface area (Å²) in [6.07, 6.45) is 9.07. The number of thiophene rings is 1. The van der Waals surface area contributed by atoms with Gasteiger partial charge in [-0.15, -0.1) is 11.3 Å². The molecule has 134 valence electrons. The third-order valence-corrected chi connectivity index (χ3v) is 4.37. The quantitative estimate of drug-likeness (QED) is 0.471. The Labute approximate surface area is 154 Å². The zero-order chi connectivity index (χ0) is 18.2. The van der Waals surface area contributed by atoms with Gasteiger partial charge in [-0.25, -0.2) is 4.98 Å². The summed E-state index contributed by atoms with van der Waals surface area (Å²) >= 11 is 1.31. The molecule has 0 atom stereocenters. The van der Waals surface area contributed by atoms with E-state index in [1.54, 1.807) is 42.2 Å². The predicted octanol–water partition coefficient (Wildman–Crippen LogP) is 2.52. The minimum Gasteiger partial charge on any atom is -0.465 e. The number of hydrogen-bond donors (Lipinski definition) is 2. The van der Waals surface area contributed by atoms with E-state index in [1.807, 2.05) is 10.8 Å². The third kappa shape index (κ3) is 4.93. The van der Waals surface area contributed by atoms with Crippen LogP contribution in [-0.4, -0.2) is 27.9 Å². The molecule has 8 heteroatoms. The van der Waals surface area contributed by atoms with Crippen molar-refractivity contribution >= 4 is 29.2 Å². The first-order chi connectivity index (χ1) is 12.7. The minimum atomic E-state index is -0.364. The monoisotopic (exact) mass is 370 g/mol. The molecule has 0 radical (unpaired) electrons. The van der Waals surface area contributed by atoms with E-state index in [1.165, 1.54) is 23.7 Å². The summed E-state index contributed by atoms with van der Waals surface area (Å²) in [5.74, 6) is -0.205. The maximum atomic E-state index is 12.5. The fraction of sp³-hybridized carbons (Fsp3) is 0.167. The van der Waals surface area contributed by atoms with Gasteiger partial charge < -0.3 is 19.6 Å². The fourth-order valence-corrected chi connectivity index (χ4v) is 2.86. The summed E-state index contributed by atoms with van der Waals surface area (Å²) in [5, 5.41) is 7.28. The molecule has 0 saturated heterocycles. The van der Waals surface area contributed by atoms with Gasteiger partial charge in [0.15, 0.2) is 0 Å². The van der Waals surface area contributed by atoms with Crippen LogP contribution in [0.15, 0.2) is 64.7 Å². The second-order valence-electron chi connectivity index (χ2n) is 5.41. The smallest absolute Gasteiger partial charge is 0.267 e. The Morgan fingerprint density at radius 1 is 1.31 bits per heavy atom. The van der Waals surface area contributed by atoms with Gasteiger partial charge >= 0.3 is 0 Å². The number of furan rings is 1. The largest absolute Gasteiger partial charge is 0.465 e. The number of carbonyl (C=O) groups is 2. The van der Waals surface area contributed by atoms with Crippen LogP contribution in [0.5, 0.6) is 0 Å². The van der Waals surface area contributed by atoms with Crippen LogP contribution in [0.25, 0.3) is 6.08 Å². The Hall–Kier alpha value is -3.13. The first-order valence-electron chi connectivity index (χ1n) is 8.06. The van der Waals surface area contributed by atoms with Crippen molar-refractivity contribution in [2.75, 3.05) is 6.54 Å². The van der Waals surface area contributed by atoms with E-state index in [2.05, 4.69) is 15.6 Å². The molecule has 7 nitrogen and oxygen atoms in total. The number of rotatable bonds is 8. The highest BCUT2D eigenvalue weighted by atomic mass is 32.1. The number of hydrogen-bond acceptors (Lipinski definition) is 5. The summed E-state index contributed by atoms with van der Waals surface area (Å²) < 4.78 is 7.18. The van der Waals surface area contributed by atoms with Crippen LogP contribution < -0.4 is 10.6 Å². The molecule has 26 heavy (non-hydrogen) atoms. The molecule has 3 rings (SSSR count). The zero-order valence-electron chi connectivity index (χ0n) is 13.9. The molecule has 3 aromatic heterocycles. The molecule has 0 spiro atoms. The van der Waals surface area contributed by atoms with Crippen LogP contribution >= 0.6 is 11.3 Å². The third-order valence-electron chi connectivity index (χ3n) is 3.51. The molecule has 3 aromatic rings. The Morgan fingerprint density at radius 3 is 2.92 bits per heavy atom. The molecule has 0 aliphatic heterocycles. The van der Waals surface area contributed by atoms with E-state index < -0.39 is 0 Å². The zero-order valence-corrected chi connectivity index (χ0v) is 14.7. The van der Waals surface area contributed by atoms with Crippen LogP contribution in [0.3, 0.4) is 0 Å². The first-order valence-corrected chi connectivity index (χ1v) is 8.94. The summed E-state index contributed by atoms with van der Waals surface area (Å²) in [6.45, 7) is 1.22. The van der Waals surface area contributed by atoms with Crippen molar-refractivity contribution in [3.05, 3.63) is 71.0 Å². The summed E-state index contributed by atoms with van der Waals surface area (Å²) in [6, 6.07) is 6.91. The van der Waals surface area contributed by atoms with Crippen LogP contribution in [0.1, 0.15) is 21.9 Å². The lowest BCUT2D eigenvalue weighted by Gasteiger charge is -2.10. The van der Waals surface area contributed by atoms with Crippen molar-refractivity contribution in [2.24, 2.45) is 0 Å². The molecule has 0 fully saturated rings. The van der Waals surface area contributed by atoms with E-state index >= 15 is 0 Å². The van der Waals surface area contributed by atoms with Crippen molar-refractivity contribution in [3.63, 3.8) is 0 Å². The van der Waals surface area contributed by atoms with Crippen molar-refractivity contribution in [1.82, 2.24) is 20.2 Å². The molecule has 0 unspecified atom stereocenters. The Morgan fingerprint density at radius 2 is 2.23 bits per heavy atom. The molecule has 0 saturated carbocycles. The van der Waals surface area contributed by atoms with E-state index in [4.69, 9.17) is 4.42 Å². The van der Waals surface area contributed by atoms with Gasteiger partial charge in [-0.05, 0) is 30.0 Å². The maximum absolute atomic E-state index is 12.5. The average Bonchev–Trinajstić information content (AvgIpc) is 3.41. The second kappa shape index (κ2) is 8.82. The number of carbonyl (C=O) groups excluding carboxylic acids is 2. The highest BCUT2D eigenvalue weighted by molar-refractivity contribution is 7.12. The van der Waals surface area contributed by atoms with Gasteiger partial charge in [-0.1, -0.05) is 6.07 Å². The highest BCUT2D eigenvalue weighted by Crippen LogP contribution is 2.11. The van der Waals surface area contributed by atoms with Crippen molar-refractivity contribution in [2.45, 2.75) is 13.0 Å². The van der Waals surface area contributed by atoms with E-state index in [-0.39, 0.29) is 17.5 Å². The van der Waals surface area contributed by atoms with Crippen LogP contribution in [0, 0.1) is 0 Å². The molecule has 2 amide bonds. The molecule has 0 bridgehead atoms. The van der Waals surface area contributed by atoms with Gasteiger partial charge in [-0.2, -0.15) is 0 Å². The second-order valence-corrected chi connectivity index (χ2v) is 6.36. The van der Waals surface area contributed by atoms with Crippen molar-refractivity contribution in [3.8, 4) is 0 Å². The number of imidazole rings is 1. The number of aromatic nitrogens is 2. The Balaban J connectivity index is 1.60. The maximum Gasteiger partial charge on any atom is 0.267 e. The van der Waals surface area contributed by atoms with E-state index in [0.29, 0.717) is 17.2 Å². The topological polar surface area (TPSA) is 89.2 Å². The summed E-state index contributed by atoms with van der Waals surface area (Å²) in [7, 11) is 0. The van der Waals surface area contributed by atoms with Crippen LogP contribution in [0.4, 0.5) is 0 Å². The molecule has 0 aliphatic carbocycles. The lowest BCUT2D eigenvalue weighted by molar-refractivity contribution is -0.117.